The molecule has 1 atom stereocenters. The van der Waals surface area contributed by atoms with Crippen molar-refractivity contribution < 1.29 is 48.0 Å². The van der Waals surface area contributed by atoms with Crippen LogP contribution in [-0.4, -0.2) is 70.9 Å². The Morgan fingerprint density at radius 3 is 2.26 bits per heavy atom. The smallest absolute Gasteiger partial charge is 0.468 e. The molecule has 3 aromatic carbocycles. The number of hydrazine groups is 1. The van der Waals surface area contributed by atoms with Crippen molar-refractivity contribution >= 4 is 36.0 Å². The highest BCUT2D eigenvalue weighted by molar-refractivity contribution is 6.32. The third kappa shape index (κ3) is 14.7. The van der Waals surface area contributed by atoms with Gasteiger partial charge in [0.25, 0.3) is 11.6 Å². The predicted octanol–water partition coefficient (Wildman–Crippen LogP) is 5.74. The number of carbonyl (C=O) groups excluding carboxylic acids is 3. The second-order valence-corrected chi connectivity index (χ2v) is 12.3. The first-order valence-corrected chi connectivity index (χ1v) is 18.0. The number of halogens is 1. The van der Waals surface area contributed by atoms with Gasteiger partial charge in [-0.15, -0.1) is 15.2 Å². The molecule has 1 unspecified atom stereocenters. The van der Waals surface area contributed by atoms with Crippen LogP contribution in [-0.2, 0) is 59.5 Å². The van der Waals surface area contributed by atoms with Crippen LogP contribution in [0, 0.1) is 10.1 Å². The van der Waals surface area contributed by atoms with Gasteiger partial charge in [0.05, 0.1) is 6.61 Å². The molecule has 4 N–H and O–H groups in total. The van der Waals surface area contributed by atoms with Gasteiger partial charge in [-0.05, 0) is 48.1 Å². The molecular formula is C38H46ClN7O11. The van der Waals surface area contributed by atoms with E-state index in [4.69, 9.17) is 42.1 Å². The molecule has 0 aliphatic rings. The van der Waals surface area contributed by atoms with Gasteiger partial charge in [0, 0.05) is 25.6 Å². The van der Waals surface area contributed by atoms with E-state index in [1.54, 1.807) is 54.8 Å². The molecular weight excluding hydrogens is 766 g/mol. The summed E-state index contributed by atoms with van der Waals surface area (Å²) in [6.07, 6.45) is 0.703. The minimum absolute atomic E-state index is 0.0716. The fourth-order valence-corrected chi connectivity index (χ4v) is 5.27. The van der Waals surface area contributed by atoms with Crippen LogP contribution in [0.1, 0.15) is 72.2 Å². The lowest BCUT2D eigenvalue weighted by atomic mass is 9.98. The van der Waals surface area contributed by atoms with E-state index in [-0.39, 0.29) is 29.9 Å². The van der Waals surface area contributed by atoms with Crippen LogP contribution in [0.2, 0.25) is 5.15 Å². The highest BCUT2D eigenvalue weighted by Gasteiger charge is 2.25. The number of imidazole rings is 1. The van der Waals surface area contributed by atoms with E-state index >= 15 is 0 Å². The normalized spacial score (nSPS) is 11.4. The first-order chi connectivity index (χ1) is 27.4. The molecule has 57 heavy (non-hydrogen) atoms. The topological polar surface area (TPSA) is 235 Å². The fraction of sp³-hybridized carbons (Fsp3) is 0.342. The number of carbonyl (C=O) groups is 3. The molecule has 19 heteroatoms. The highest BCUT2D eigenvalue weighted by atomic mass is 35.5. The number of nitrogens with two attached hydrogens (primary N) is 2. The predicted molar refractivity (Wildman–Crippen MR) is 208 cm³/mol. The minimum Gasteiger partial charge on any atom is -0.468 e. The Labute approximate surface area is 334 Å². The molecule has 0 spiro atoms. The number of aromatic nitrogens is 2. The van der Waals surface area contributed by atoms with Crippen LogP contribution < -0.4 is 11.6 Å². The number of hydrazone groups is 1. The van der Waals surface area contributed by atoms with Crippen molar-refractivity contribution in [2.24, 2.45) is 16.7 Å². The number of esters is 1. The van der Waals surface area contributed by atoms with E-state index in [1.165, 1.54) is 7.11 Å². The van der Waals surface area contributed by atoms with E-state index in [0.29, 0.717) is 48.6 Å². The Morgan fingerprint density at radius 2 is 1.67 bits per heavy atom. The number of benzene rings is 3. The van der Waals surface area contributed by atoms with Crippen LogP contribution in [0.25, 0.3) is 11.1 Å². The number of ether oxygens (including phenoxy) is 5. The van der Waals surface area contributed by atoms with Crippen LogP contribution in [0.3, 0.4) is 0 Å². The highest BCUT2D eigenvalue weighted by Crippen LogP contribution is 2.26. The van der Waals surface area contributed by atoms with Crippen molar-refractivity contribution in [1.29, 1.82) is 0 Å². The van der Waals surface area contributed by atoms with E-state index in [1.807, 2.05) is 36.4 Å². The van der Waals surface area contributed by atoms with Crippen LogP contribution in [0.5, 0.6) is 0 Å². The second kappa shape index (κ2) is 23.6. The Balaban J connectivity index is 0.00000163. The number of nitrogens with zero attached hydrogens (tertiary/aromatic N) is 5. The fourth-order valence-electron chi connectivity index (χ4n) is 4.99. The lowest BCUT2D eigenvalue weighted by Crippen LogP contribution is -2.33. The number of rotatable bonds is 20. The van der Waals surface area contributed by atoms with Crippen molar-refractivity contribution in [3.63, 3.8) is 0 Å². The lowest BCUT2D eigenvalue weighted by molar-refractivity contribution is -0.763. The van der Waals surface area contributed by atoms with E-state index in [2.05, 4.69) is 26.6 Å². The summed E-state index contributed by atoms with van der Waals surface area (Å²) in [6, 6.07) is 21.5. The Morgan fingerprint density at radius 1 is 1.02 bits per heavy atom. The summed E-state index contributed by atoms with van der Waals surface area (Å²) < 4.78 is 26.5. The van der Waals surface area contributed by atoms with Gasteiger partial charge in [-0.1, -0.05) is 97.7 Å². The summed E-state index contributed by atoms with van der Waals surface area (Å²) in [5.74, 6) is 6.07. The summed E-state index contributed by atoms with van der Waals surface area (Å²) in [4.78, 5) is 53.5. The van der Waals surface area contributed by atoms with E-state index in [0.717, 1.165) is 34.6 Å². The molecule has 1 heterocycles. The summed E-state index contributed by atoms with van der Waals surface area (Å²) in [5.41, 5.74) is 10.8. The zero-order valence-electron chi connectivity index (χ0n) is 32.0. The van der Waals surface area contributed by atoms with Gasteiger partial charge in [0.15, 0.2) is 29.7 Å². The zero-order valence-corrected chi connectivity index (χ0v) is 32.8. The molecule has 0 fully saturated rings. The maximum absolute atomic E-state index is 13.0. The number of methoxy groups -OCH3 is 1. The summed E-state index contributed by atoms with van der Waals surface area (Å²) in [6.45, 7) is 5.93. The summed E-state index contributed by atoms with van der Waals surface area (Å²) in [5, 5.41) is 14.6. The molecule has 1 aromatic heterocycles. The maximum atomic E-state index is 13.0. The number of unbranched alkanes of at least 4 members (excludes halogenated alkanes) is 1. The average molecular weight is 812 g/mol. The third-order valence-corrected chi connectivity index (χ3v) is 8.13. The van der Waals surface area contributed by atoms with E-state index in [9.17, 15) is 24.5 Å². The van der Waals surface area contributed by atoms with Crippen molar-refractivity contribution in [3.8, 4) is 11.1 Å². The van der Waals surface area contributed by atoms with Gasteiger partial charge in [0.2, 0.25) is 0 Å². The van der Waals surface area contributed by atoms with Gasteiger partial charge in [0.1, 0.15) is 19.0 Å². The zero-order chi connectivity index (χ0) is 41.7. The summed E-state index contributed by atoms with van der Waals surface area (Å²) >= 11 is 6.44. The SMILES string of the molecule is CCCCc1nc(Cl)c(C(=O)OC(C)OC)n1Cc1ccc(-c2ccccc2/C(N)=N/N(N)COC(=O)OCc2ccc(CO[N+](=O)[O-])cc2)cc1.CCOC=O. The largest absolute Gasteiger partial charge is 0.510 e. The average Bonchev–Trinajstić information content (AvgIpc) is 3.52. The van der Waals surface area contributed by atoms with Gasteiger partial charge in [-0.3, -0.25) is 4.79 Å². The molecule has 0 saturated carbocycles. The number of aryl methyl sites for hydroxylation is 1. The molecule has 0 saturated heterocycles. The van der Waals surface area contributed by atoms with Gasteiger partial charge < -0.3 is 38.8 Å². The second-order valence-electron chi connectivity index (χ2n) is 11.9. The monoisotopic (exact) mass is 811 g/mol. The quantitative estimate of drug-likeness (QED) is 0.0125. The number of hydrogen-bond acceptors (Lipinski definition) is 15. The number of hydrogen-bond donors (Lipinski definition) is 2. The van der Waals surface area contributed by atoms with Crippen LogP contribution >= 0.6 is 11.6 Å². The molecule has 0 bridgehead atoms. The maximum Gasteiger partial charge on any atom is 0.510 e. The molecule has 0 aliphatic carbocycles. The molecule has 4 rings (SSSR count). The van der Waals surface area contributed by atoms with Crippen molar-refractivity contribution in [1.82, 2.24) is 14.7 Å². The minimum atomic E-state index is -0.991. The first kappa shape index (κ1) is 45.2. The van der Waals surface area contributed by atoms with Crippen molar-refractivity contribution in [3.05, 3.63) is 122 Å². The molecule has 0 radical (unpaired) electrons. The third-order valence-electron chi connectivity index (χ3n) is 7.87. The van der Waals surface area contributed by atoms with Crippen molar-refractivity contribution in [2.75, 3.05) is 20.4 Å². The lowest BCUT2D eigenvalue weighted by Gasteiger charge is -2.16. The Kier molecular flexibility index (Phi) is 18.7. The van der Waals surface area contributed by atoms with Crippen molar-refractivity contribution in [2.45, 2.75) is 66.1 Å². The standard InChI is InChI=1S/C35H40ClN7O9.C3H6O2/c1-4-5-10-30-39-32(36)31(34(44)52-23(2)48-3)41(30)19-24-15-17-27(18-16-24)28-8-6-7-9-29(28)33(37)40-42(38)22-50-35(45)49-20-25-11-13-26(14-12-25)21-51-43(46)47;1-2-5-3-4/h6-9,11-18,23H,4-5,10,19-22,38H2,1-3H3,(H2,37,40);3H,2H2,1H3. The molecule has 4 aromatic rings. The van der Waals surface area contributed by atoms with Crippen LogP contribution in [0.4, 0.5) is 4.79 Å². The van der Waals surface area contributed by atoms with Gasteiger partial charge >= 0.3 is 12.1 Å². The number of amidine groups is 1. The molecule has 18 nitrogen and oxygen atoms in total. The van der Waals surface area contributed by atoms with Gasteiger partial charge in [-0.2, -0.15) is 5.12 Å². The molecule has 0 amide bonds. The molecule has 306 valence electrons. The molecule has 0 aliphatic heterocycles. The Hall–Kier alpha value is -6.24. The Bertz CT molecular complexity index is 1940. The van der Waals surface area contributed by atoms with Gasteiger partial charge in [-0.25, -0.2) is 20.4 Å². The summed E-state index contributed by atoms with van der Waals surface area (Å²) in [7, 11) is 1.44. The first-order valence-electron chi connectivity index (χ1n) is 17.6. The van der Waals surface area contributed by atoms with Crippen LogP contribution in [0.15, 0.2) is 77.9 Å². The van der Waals surface area contributed by atoms with E-state index < -0.39 is 30.2 Å².